The second-order valence-electron chi connectivity index (χ2n) is 2.39. The lowest BCUT2D eigenvalue weighted by Gasteiger charge is -2.16. The number of nitrogens with one attached hydrogen (secondary N) is 1. The molecule has 0 saturated carbocycles. The van der Waals surface area contributed by atoms with Gasteiger partial charge >= 0.3 is 5.97 Å². The maximum absolute atomic E-state index is 10.6. The normalized spacial score (nSPS) is 29.5. The first-order chi connectivity index (χ1) is 5.21. The number of rotatable bonds is 2. The Balaban J connectivity index is 2.87. The number of carboxylic acid groups (broad SMARTS) is 1. The van der Waals surface area contributed by atoms with Crippen LogP contribution in [0, 0.1) is 0 Å². The molecular weight excluding hydrogens is 148 g/mol. The molecule has 1 saturated heterocycles. The molecule has 0 amide bonds. The fraction of sp³-hybridized carbons (Fsp3) is 0.800. The number of carbonyl (C=O) groups is 1. The molecule has 1 fully saturated rings. The van der Waals surface area contributed by atoms with Crippen molar-refractivity contribution in [1.29, 1.82) is 0 Å². The molecule has 0 aromatic heterocycles. The van der Waals surface area contributed by atoms with Crippen molar-refractivity contribution >= 4 is 5.97 Å². The number of aliphatic carboxylic acids is 1. The lowest BCUT2D eigenvalue weighted by molar-refractivity contribution is -0.143. The molecule has 0 aromatic rings. The van der Waals surface area contributed by atoms with Crippen molar-refractivity contribution in [2.24, 2.45) is 5.11 Å². The molecular formula is C5H8N4O2. The Morgan fingerprint density at radius 1 is 1.82 bits per heavy atom. The summed E-state index contributed by atoms with van der Waals surface area (Å²) in [7, 11) is 0. The summed E-state index contributed by atoms with van der Waals surface area (Å²) >= 11 is 0. The van der Waals surface area contributed by atoms with Crippen molar-refractivity contribution in [2.75, 3.05) is 6.54 Å². The first kappa shape index (κ1) is 7.84. The number of hydrogen-bond donors (Lipinski definition) is 2. The minimum Gasteiger partial charge on any atom is -0.480 e. The van der Waals surface area contributed by atoms with Gasteiger partial charge in [-0.25, -0.2) is 0 Å². The van der Waals surface area contributed by atoms with Crippen LogP contribution >= 0.6 is 0 Å². The number of carboxylic acids is 1. The van der Waals surface area contributed by atoms with Gasteiger partial charge in [0.2, 0.25) is 0 Å². The molecule has 1 aliphatic heterocycles. The van der Waals surface area contributed by atoms with Crippen LogP contribution in [0.5, 0.6) is 0 Å². The van der Waals surface area contributed by atoms with Crippen molar-refractivity contribution < 1.29 is 9.90 Å². The predicted molar refractivity (Wildman–Crippen MR) is 36.7 cm³/mol. The molecule has 0 radical (unpaired) electrons. The van der Waals surface area contributed by atoms with E-state index in [-0.39, 0.29) is 0 Å². The highest BCUT2D eigenvalue weighted by molar-refractivity contribution is 5.78. The summed E-state index contributed by atoms with van der Waals surface area (Å²) in [5, 5.41) is 14.5. The largest absolute Gasteiger partial charge is 0.480 e. The second-order valence-corrected chi connectivity index (χ2v) is 2.39. The van der Waals surface area contributed by atoms with Gasteiger partial charge in [-0.1, -0.05) is 5.11 Å². The van der Waals surface area contributed by atoms with Crippen LogP contribution in [0.4, 0.5) is 0 Å². The van der Waals surface area contributed by atoms with Gasteiger partial charge in [-0.05, 0) is 24.9 Å². The van der Waals surface area contributed by atoms with E-state index >= 15 is 0 Å². The maximum Gasteiger partial charge on any atom is 0.330 e. The zero-order chi connectivity index (χ0) is 8.32. The Kier molecular flexibility index (Phi) is 1.98. The van der Waals surface area contributed by atoms with E-state index in [4.69, 9.17) is 10.6 Å². The molecule has 1 heterocycles. The highest BCUT2D eigenvalue weighted by Gasteiger charge is 2.40. The summed E-state index contributed by atoms with van der Waals surface area (Å²) < 4.78 is 0. The Bertz CT molecular complexity index is 211. The fourth-order valence-electron chi connectivity index (χ4n) is 1.11. The minimum atomic E-state index is -1.38. The van der Waals surface area contributed by atoms with Crippen LogP contribution in [0.3, 0.4) is 0 Å². The molecule has 2 N–H and O–H groups in total. The summed E-state index contributed by atoms with van der Waals surface area (Å²) in [5.41, 5.74) is 6.72. The SMILES string of the molecule is [N-]=[N+]=N[C@@]1(C(=O)O)CCCN1. The third-order valence-corrected chi connectivity index (χ3v) is 1.70. The van der Waals surface area contributed by atoms with E-state index < -0.39 is 11.6 Å². The van der Waals surface area contributed by atoms with Crippen molar-refractivity contribution in [3.8, 4) is 0 Å². The first-order valence-electron chi connectivity index (χ1n) is 3.26. The summed E-state index contributed by atoms with van der Waals surface area (Å²) in [5.74, 6) is -1.10. The standard InChI is InChI=1S/C5H8N4O2/c6-9-8-5(4(10)11)2-1-3-7-5/h7H,1-3H2,(H,10,11)/t5-/m1/s1. The van der Waals surface area contributed by atoms with E-state index in [9.17, 15) is 4.79 Å². The van der Waals surface area contributed by atoms with Crippen molar-refractivity contribution in [3.63, 3.8) is 0 Å². The lowest BCUT2D eigenvalue weighted by Crippen LogP contribution is -2.45. The van der Waals surface area contributed by atoms with Crippen LogP contribution < -0.4 is 5.32 Å². The van der Waals surface area contributed by atoms with Crippen LogP contribution in [0.1, 0.15) is 12.8 Å². The topological polar surface area (TPSA) is 98.1 Å². The Morgan fingerprint density at radius 3 is 2.91 bits per heavy atom. The molecule has 1 rings (SSSR count). The Labute approximate surface area is 62.8 Å². The average molecular weight is 156 g/mol. The van der Waals surface area contributed by atoms with Gasteiger partial charge in [0.1, 0.15) is 0 Å². The molecule has 1 atom stereocenters. The van der Waals surface area contributed by atoms with Gasteiger partial charge in [-0.15, -0.1) is 0 Å². The molecule has 60 valence electrons. The zero-order valence-electron chi connectivity index (χ0n) is 5.82. The molecule has 6 nitrogen and oxygen atoms in total. The predicted octanol–water partition coefficient (Wildman–Crippen LogP) is 0.461. The van der Waals surface area contributed by atoms with Gasteiger partial charge in [-0.2, -0.15) is 0 Å². The molecule has 0 unspecified atom stereocenters. The molecule has 0 spiro atoms. The molecule has 0 bridgehead atoms. The third-order valence-electron chi connectivity index (χ3n) is 1.70. The Hall–Kier alpha value is -1.26. The van der Waals surface area contributed by atoms with Crippen LogP contribution in [0.2, 0.25) is 0 Å². The molecule has 6 heteroatoms. The number of nitrogens with zero attached hydrogens (tertiary/aromatic N) is 3. The molecule has 1 aliphatic rings. The molecule has 11 heavy (non-hydrogen) atoms. The lowest BCUT2D eigenvalue weighted by atomic mass is 10.1. The van der Waals surface area contributed by atoms with Gasteiger partial charge in [0.15, 0.2) is 5.66 Å². The highest BCUT2D eigenvalue weighted by Crippen LogP contribution is 2.20. The van der Waals surface area contributed by atoms with Gasteiger partial charge in [0, 0.05) is 4.91 Å². The molecule has 0 aromatic carbocycles. The highest BCUT2D eigenvalue weighted by atomic mass is 16.4. The van der Waals surface area contributed by atoms with Gasteiger partial charge in [-0.3, -0.25) is 10.1 Å². The fourth-order valence-corrected chi connectivity index (χ4v) is 1.11. The number of azide groups is 1. The summed E-state index contributed by atoms with van der Waals surface area (Å²) in [6.45, 7) is 0.589. The van der Waals surface area contributed by atoms with Crippen LogP contribution in [-0.4, -0.2) is 23.3 Å². The van der Waals surface area contributed by atoms with E-state index in [2.05, 4.69) is 15.3 Å². The van der Waals surface area contributed by atoms with Crippen molar-refractivity contribution in [1.82, 2.24) is 5.32 Å². The number of hydrogen-bond acceptors (Lipinski definition) is 3. The van der Waals surface area contributed by atoms with Gasteiger partial charge < -0.3 is 5.11 Å². The molecule has 0 aliphatic carbocycles. The summed E-state index contributed by atoms with van der Waals surface area (Å²) in [6, 6.07) is 0. The van der Waals surface area contributed by atoms with Gasteiger partial charge in [0.05, 0.1) is 0 Å². The van der Waals surface area contributed by atoms with E-state index in [1.807, 2.05) is 0 Å². The van der Waals surface area contributed by atoms with Crippen LogP contribution in [-0.2, 0) is 4.79 Å². The van der Waals surface area contributed by atoms with E-state index in [1.54, 1.807) is 0 Å². The van der Waals surface area contributed by atoms with Crippen LogP contribution in [0.25, 0.3) is 10.4 Å². The minimum absolute atomic E-state index is 0.367. The summed E-state index contributed by atoms with van der Waals surface area (Å²) in [4.78, 5) is 13.1. The van der Waals surface area contributed by atoms with E-state index in [0.29, 0.717) is 13.0 Å². The van der Waals surface area contributed by atoms with E-state index in [0.717, 1.165) is 6.42 Å². The Morgan fingerprint density at radius 2 is 2.55 bits per heavy atom. The average Bonchev–Trinajstić information content (AvgIpc) is 2.38. The zero-order valence-corrected chi connectivity index (χ0v) is 5.82. The van der Waals surface area contributed by atoms with Crippen molar-refractivity contribution in [2.45, 2.75) is 18.5 Å². The second kappa shape index (κ2) is 2.77. The maximum atomic E-state index is 10.6. The quantitative estimate of drug-likeness (QED) is 0.345. The van der Waals surface area contributed by atoms with Crippen molar-refractivity contribution in [3.05, 3.63) is 10.4 Å². The summed E-state index contributed by atoms with van der Waals surface area (Å²) in [6.07, 6.45) is 1.09. The smallest absolute Gasteiger partial charge is 0.330 e. The monoisotopic (exact) mass is 156 g/mol. The third kappa shape index (κ3) is 1.26. The van der Waals surface area contributed by atoms with Crippen LogP contribution in [0.15, 0.2) is 5.11 Å². The van der Waals surface area contributed by atoms with Gasteiger partial charge in [0.25, 0.3) is 0 Å². The first-order valence-corrected chi connectivity index (χ1v) is 3.26. The van der Waals surface area contributed by atoms with E-state index in [1.165, 1.54) is 0 Å².